The van der Waals surface area contributed by atoms with Gasteiger partial charge in [-0.25, -0.2) is 0 Å². The van der Waals surface area contributed by atoms with Crippen molar-refractivity contribution in [2.24, 2.45) is 0 Å². The number of hydrogen-bond donors (Lipinski definition) is 2. The molecule has 2 rings (SSSR count). The Morgan fingerprint density at radius 3 is 2.75 bits per heavy atom. The van der Waals surface area contributed by atoms with Gasteiger partial charge in [-0.1, -0.05) is 11.6 Å². The Morgan fingerprint density at radius 2 is 2.00 bits per heavy atom. The highest BCUT2D eigenvalue weighted by Gasteiger charge is 2.09. The standard InChI is InChI=1S/C8H5ClO3/c9-5-1-4(10)2-7-8(5)6(11)3-12-7/h1-3,10-11H. The Balaban J connectivity index is 2.93. The van der Waals surface area contributed by atoms with Crippen LogP contribution in [0.4, 0.5) is 0 Å². The van der Waals surface area contributed by atoms with Crippen molar-refractivity contribution in [1.82, 2.24) is 0 Å². The molecule has 0 spiro atoms. The molecule has 1 aromatic heterocycles. The number of aromatic hydroxyl groups is 2. The molecule has 12 heavy (non-hydrogen) atoms. The summed E-state index contributed by atoms with van der Waals surface area (Å²) in [6, 6.07) is 2.74. The van der Waals surface area contributed by atoms with Crippen molar-refractivity contribution in [1.29, 1.82) is 0 Å². The molecule has 4 heteroatoms. The maximum Gasteiger partial charge on any atom is 0.163 e. The SMILES string of the molecule is Oc1cc(Cl)c2c(O)coc2c1. The van der Waals surface area contributed by atoms with E-state index in [0.29, 0.717) is 11.0 Å². The lowest BCUT2D eigenvalue weighted by Crippen LogP contribution is -1.69. The summed E-state index contributed by atoms with van der Waals surface area (Å²) in [4.78, 5) is 0. The Morgan fingerprint density at radius 1 is 1.25 bits per heavy atom. The number of phenols is 1. The van der Waals surface area contributed by atoms with Crippen molar-refractivity contribution < 1.29 is 14.6 Å². The summed E-state index contributed by atoms with van der Waals surface area (Å²) >= 11 is 5.73. The molecule has 0 unspecified atom stereocenters. The van der Waals surface area contributed by atoms with Gasteiger partial charge in [-0.05, 0) is 6.07 Å². The molecule has 1 aromatic carbocycles. The third-order valence-electron chi connectivity index (χ3n) is 1.59. The smallest absolute Gasteiger partial charge is 0.163 e. The van der Waals surface area contributed by atoms with E-state index in [0.717, 1.165) is 0 Å². The number of halogens is 1. The molecule has 1 heterocycles. The molecule has 3 nitrogen and oxygen atoms in total. The summed E-state index contributed by atoms with van der Waals surface area (Å²) < 4.78 is 4.92. The fraction of sp³-hybridized carbons (Fsp3) is 0. The summed E-state index contributed by atoms with van der Waals surface area (Å²) in [6.07, 6.45) is 1.18. The van der Waals surface area contributed by atoms with Gasteiger partial charge in [0.2, 0.25) is 0 Å². The van der Waals surface area contributed by atoms with E-state index in [4.69, 9.17) is 21.1 Å². The van der Waals surface area contributed by atoms with E-state index in [1.807, 2.05) is 0 Å². The number of furan rings is 1. The summed E-state index contributed by atoms with van der Waals surface area (Å²) in [7, 11) is 0. The van der Waals surface area contributed by atoms with E-state index in [9.17, 15) is 5.11 Å². The fourth-order valence-electron chi connectivity index (χ4n) is 1.09. The van der Waals surface area contributed by atoms with Crippen molar-refractivity contribution >= 4 is 22.6 Å². The molecule has 62 valence electrons. The third kappa shape index (κ3) is 0.905. The van der Waals surface area contributed by atoms with E-state index >= 15 is 0 Å². The summed E-state index contributed by atoms with van der Waals surface area (Å²) in [5.41, 5.74) is 0.373. The number of hydrogen-bond acceptors (Lipinski definition) is 3. The predicted octanol–water partition coefficient (Wildman–Crippen LogP) is 2.50. The van der Waals surface area contributed by atoms with Gasteiger partial charge in [-0.3, -0.25) is 0 Å². The van der Waals surface area contributed by atoms with Crippen LogP contribution in [0.15, 0.2) is 22.8 Å². The number of phenolic OH excluding ortho intramolecular Hbond substituents is 1. The number of rotatable bonds is 0. The Labute approximate surface area is 72.8 Å². The maximum atomic E-state index is 9.22. The van der Waals surface area contributed by atoms with Crippen LogP contribution in [0.1, 0.15) is 0 Å². The van der Waals surface area contributed by atoms with E-state index in [1.165, 1.54) is 18.4 Å². The molecule has 0 fully saturated rings. The van der Waals surface area contributed by atoms with Crippen LogP contribution in [-0.4, -0.2) is 10.2 Å². The fourth-order valence-corrected chi connectivity index (χ4v) is 1.39. The molecule has 0 saturated heterocycles. The van der Waals surface area contributed by atoms with Crippen molar-refractivity contribution in [2.75, 3.05) is 0 Å². The van der Waals surface area contributed by atoms with Crippen molar-refractivity contribution in [3.63, 3.8) is 0 Å². The van der Waals surface area contributed by atoms with E-state index in [-0.39, 0.29) is 16.5 Å². The van der Waals surface area contributed by atoms with Gasteiger partial charge in [-0.15, -0.1) is 0 Å². The molecule has 0 aliphatic carbocycles. The topological polar surface area (TPSA) is 53.6 Å². The summed E-state index contributed by atoms with van der Waals surface area (Å²) in [5, 5.41) is 19.0. The molecular weight excluding hydrogens is 180 g/mol. The normalized spacial score (nSPS) is 10.8. The van der Waals surface area contributed by atoms with Crippen LogP contribution < -0.4 is 0 Å². The lowest BCUT2D eigenvalue weighted by Gasteiger charge is -1.94. The van der Waals surface area contributed by atoms with Crippen LogP contribution in [0.5, 0.6) is 11.5 Å². The van der Waals surface area contributed by atoms with Crippen LogP contribution in [0.3, 0.4) is 0 Å². The zero-order valence-corrected chi connectivity index (χ0v) is 6.67. The van der Waals surface area contributed by atoms with Gasteiger partial charge in [0.25, 0.3) is 0 Å². The second-order valence-electron chi connectivity index (χ2n) is 2.42. The average Bonchev–Trinajstić information content (AvgIpc) is 2.31. The average molecular weight is 185 g/mol. The second-order valence-corrected chi connectivity index (χ2v) is 2.83. The lowest BCUT2D eigenvalue weighted by atomic mass is 10.2. The van der Waals surface area contributed by atoms with Gasteiger partial charge < -0.3 is 14.6 Å². The maximum absolute atomic E-state index is 9.22. The van der Waals surface area contributed by atoms with Gasteiger partial charge in [0.05, 0.1) is 10.4 Å². The van der Waals surface area contributed by atoms with Crippen molar-refractivity contribution in [2.45, 2.75) is 0 Å². The quantitative estimate of drug-likeness (QED) is 0.662. The molecule has 0 aliphatic heterocycles. The summed E-state index contributed by atoms with van der Waals surface area (Å²) in [6.45, 7) is 0. The number of benzene rings is 1. The number of fused-ring (bicyclic) bond motifs is 1. The first-order chi connectivity index (χ1) is 5.68. The molecule has 0 amide bonds. The highest BCUT2D eigenvalue weighted by atomic mass is 35.5. The highest BCUT2D eigenvalue weighted by Crippen LogP contribution is 2.35. The van der Waals surface area contributed by atoms with E-state index < -0.39 is 0 Å². The van der Waals surface area contributed by atoms with E-state index in [2.05, 4.69) is 0 Å². The molecule has 0 atom stereocenters. The predicted molar refractivity (Wildman–Crippen MR) is 44.6 cm³/mol. The molecule has 2 aromatic rings. The second kappa shape index (κ2) is 2.32. The molecule has 2 N–H and O–H groups in total. The Hall–Kier alpha value is -1.35. The molecular formula is C8H5ClO3. The van der Waals surface area contributed by atoms with Crippen molar-refractivity contribution in [3.05, 3.63) is 23.4 Å². The van der Waals surface area contributed by atoms with Gasteiger partial charge in [-0.2, -0.15) is 0 Å². The zero-order chi connectivity index (χ0) is 8.72. The first kappa shape index (κ1) is 7.31. The monoisotopic (exact) mass is 184 g/mol. The zero-order valence-electron chi connectivity index (χ0n) is 5.91. The highest BCUT2D eigenvalue weighted by molar-refractivity contribution is 6.36. The third-order valence-corrected chi connectivity index (χ3v) is 1.89. The van der Waals surface area contributed by atoms with Crippen LogP contribution in [0.25, 0.3) is 11.0 Å². The molecule has 0 saturated carbocycles. The first-order valence-electron chi connectivity index (χ1n) is 3.27. The van der Waals surface area contributed by atoms with Gasteiger partial charge >= 0.3 is 0 Å². The van der Waals surface area contributed by atoms with Crippen LogP contribution >= 0.6 is 11.6 Å². The van der Waals surface area contributed by atoms with Gasteiger partial charge in [0.15, 0.2) is 5.75 Å². The molecule has 0 aliphatic rings. The lowest BCUT2D eigenvalue weighted by molar-refractivity contribution is 0.463. The Kier molecular flexibility index (Phi) is 1.41. The van der Waals surface area contributed by atoms with Gasteiger partial charge in [0, 0.05) is 6.07 Å². The molecule has 0 bridgehead atoms. The Bertz CT molecular complexity index is 433. The first-order valence-corrected chi connectivity index (χ1v) is 3.65. The largest absolute Gasteiger partial charge is 0.508 e. The van der Waals surface area contributed by atoms with Crippen LogP contribution in [0.2, 0.25) is 5.02 Å². The minimum Gasteiger partial charge on any atom is -0.508 e. The van der Waals surface area contributed by atoms with E-state index in [1.54, 1.807) is 0 Å². The molecule has 0 radical (unpaired) electrons. The van der Waals surface area contributed by atoms with Crippen molar-refractivity contribution in [3.8, 4) is 11.5 Å². The van der Waals surface area contributed by atoms with Crippen LogP contribution in [0, 0.1) is 0 Å². The minimum atomic E-state index is -0.0185. The van der Waals surface area contributed by atoms with Crippen LogP contribution in [-0.2, 0) is 0 Å². The minimum absolute atomic E-state index is 0.0156. The summed E-state index contributed by atoms with van der Waals surface area (Å²) in [5.74, 6) is -0.00292. The van der Waals surface area contributed by atoms with Gasteiger partial charge in [0.1, 0.15) is 17.6 Å².